The van der Waals surface area contributed by atoms with E-state index in [4.69, 9.17) is 9.73 Å². The fourth-order valence-electron chi connectivity index (χ4n) is 5.38. The number of hydrogen-bond donors (Lipinski definition) is 1. The number of ketones is 1. The lowest BCUT2D eigenvalue weighted by atomic mass is 9.69. The lowest BCUT2D eigenvalue weighted by Gasteiger charge is -2.36. The van der Waals surface area contributed by atoms with Gasteiger partial charge in [-0.1, -0.05) is 66.7 Å². The summed E-state index contributed by atoms with van der Waals surface area (Å²) in [6, 6.07) is 22.9. The molecular formula is C30H26N2O6. The smallest absolute Gasteiger partial charge is 0.315 e. The first kappa shape index (κ1) is 25.1. The van der Waals surface area contributed by atoms with Crippen molar-refractivity contribution in [3.8, 4) is 5.75 Å². The lowest BCUT2D eigenvalue weighted by molar-refractivity contribution is -0.385. The summed E-state index contributed by atoms with van der Waals surface area (Å²) in [5.41, 5.74) is 3.16. The predicted molar refractivity (Wildman–Crippen MR) is 141 cm³/mol. The van der Waals surface area contributed by atoms with E-state index in [0.29, 0.717) is 29.0 Å². The number of ether oxygens (including phenoxy) is 1. The van der Waals surface area contributed by atoms with Gasteiger partial charge in [0.15, 0.2) is 11.5 Å². The molecule has 38 heavy (non-hydrogen) atoms. The predicted octanol–water partition coefficient (Wildman–Crippen LogP) is 5.62. The third-order valence-electron chi connectivity index (χ3n) is 7.19. The number of benzene rings is 3. The fraction of sp³-hybridized carbons (Fsp3) is 0.233. The Morgan fingerprint density at radius 1 is 1.03 bits per heavy atom. The zero-order chi connectivity index (χ0) is 26.8. The van der Waals surface area contributed by atoms with Crippen LogP contribution in [0.1, 0.15) is 48.3 Å². The molecule has 8 nitrogen and oxygen atoms in total. The number of carbonyl (C=O) groups excluding carboxylic acids is 2. The van der Waals surface area contributed by atoms with Crippen molar-refractivity contribution >= 4 is 23.2 Å². The van der Waals surface area contributed by atoms with E-state index in [1.54, 1.807) is 6.92 Å². The van der Waals surface area contributed by atoms with Crippen molar-refractivity contribution in [3.63, 3.8) is 0 Å². The molecule has 0 bridgehead atoms. The van der Waals surface area contributed by atoms with Crippen molar-refractivity contribution in [2.45, 2.75) is 38.2 Å². The van der Waals surface area contributed by atoms with E-state index in [9.17, 15) is 24.8 Å². The lowest BCUT2D eigenvalue weighted by Crippen LogP contribution is -2.38. The minimum absolute atomic E-state index is 0.0435. The van der Waals surface area contributed by atoms with Gasteiger partial charge in [-0.25, -0.2) is 0 Å². The van der Waals surface area contributed by atoms with Crippen LogP contribution in [-0.2, 0) is 20.9 Å². The monoisotopic (exact) mass is 510 g/mol. The molecule has 3 atom stereocenters. The van der Waals surface area contributed by atoms with Crippen LogP contribution in [0.25, 0.3) is 0 Å². The summed E-state index contributed by atoms with van der Waals surface area (Å²) < 4.78 is 5.66. The summed E-state index contributed by atoms with van der Waals surface area (Å²) in [7, 11) is 0. The molecule has 0 amide bonds. The average molecular weight is 511 g/mol. The number of carbonyl (C=O) groups is 2. The molecule has 1 unspecified atom stereocenters. The number of phenolic OH excluding ortho intramolecular Hbond substituents is 1. The molecule has 0 spiro atoms. The van der Waals surface area contributed by atoms with Gasteiger partial charge in [0, 0.05) is 35.4 Å². The molecule has 2 aliphatic rings. The fourth-order valence-corrected chi connectivity index (χ4v) is 5.38. The summed E-state index contributed by atoms with van der Waals surface area (Å²) in [6.45, 7) is 1.76. The van der Waals surface area contributed by atoms with Crippen LogP contribution < -0.4 is 0 Å². The first-order valence-electron chi connectivity index (χ1n) is 12.4. The number of hydrogen-bond acceptors (Lipinski definition) is 7. The Bertz CT molecular complexity index is 1460. The second kappa shape index (κ2) is 10.4. The van der Waals surface area contributed by atoms with Gasteiger partial charge in [0.1, 0.15) is 12.5 Å². The van der Waals surface area contributed by atoms with Gasteiger partial charge in [-0.3, -0.25) is 24.7 Å². The van der Waals surface area contributed by atoms with E-state index < -0.39 is 34.2 Å². The quantitative estimate of drug-likeness (QED) is 0.261. The van der Waals surface area contributed by atoms with Crippen LogP contribution in [0.15, 0.2) is 95.1 Å². The molecule has 0 saturated carbocycles. The highest BCUT2D eigenvalue weighted by atomic mass is 16.6. The summed E-state index contributed by atoms with van der Waals surface area (Å²) in [5, 5.41) is 21.6. The van der Waals surface area contributed by atoms with Crippen LogP contribution in [0, 0.1) is 16.0 Å². The largest absolute Gasteiger partial charge is 0.502 e. The summed E-state index contributed by atoms with van der Waals surface area (Å²) in [6.07, 6.45) is 0.741. The zero-order valence-corrected chi connectivity index (χ0v) is 20.7. The Balaban J connectivity index is 1.56. The van der Waals surface area contributed by atoms with E-state index >= 15 is 0 Å². The van der Waals surface area contributed by atoms with Crippen LogP contribution in [-0.4, -0.2) is 27.5 Å². The number of aliphatic imine (C=N–C) groups is 1. The highest BCUT2D eigenvalue weighted by molar-refractivity contribution is 6.09. The minimum Gasteiger partial charge on any atom is -0.502 e. The van der Waals surface area contributed by atoms with E-state index in [2.05, 4.69) is 0 Å². The van der Waals surface area contributed by atoms with E-state index in [0.717, 1.165) is 11.1 Å². The second-order valence-corrected chi connectivity index (χ2v) is 9.61. The van der Waals surface area contributed by atoms with Gasteiger partial charge >= 0.3 is 11.7 Å². The van der Waals surface area contributed by atoms with Gasteiger partial charge in [-0.05, 0) is 42.0 Å². The highest BCUT2D eigenvalue weighted by Gasteiger charge is 2.45. The zero-order valence-electron chi connectivity index (χ0n) is 20.7. The number of Topliss-reactive ketones (excluding diaryl/α,β-unsaturated/α-hetero) is 1. The van der Waals surface area contributed by atoms with Gasteiger partial charge in [0.05, 0.1) is 4.92 Å². The molecule has 5 rings (SSSR count). The Hall–Kier alpha value is -4.59. The number of nitro benzene ring substituents is 1. The molecule has 192 valence electrons. The molecule has 0 radical (unpaired) electrons. The number of nitro groups is 1. The van der Waals surface area contributed by atoms with Crippen LogP contribution >= 0.6 is 0 Å². The number of phenols is 1. The molecule has 3 aromatic rings. The van der Waals surface area contributed by atoms with Crippen molar-refractivity contribution in [2.24, 2.45) is 10.9 Å². The van der Waals surface area contributed by atoms with Crippen LogP contribution in [0.5, 0.6) is 5.75 Å². The summed E-state index contributed by atoms with van der Waals surface area (Å²) >= 11 is 0. The topological polar surface area (TPSA) is 119 Å². The first-order valence-corrected chi connectivity index (χ1v) is 12.4. The van der Waals surface area contributed by atoms with Crippen LogP contribution in [0.2, 0.25) is 0 Å². The molecule has 3 aromatic carbocycles. The maximum absolute atomic E-state index is 13.7. The SMILES string of the molecule is CC1=NC2=C(C(=O)C[C@@H](c3ccccc3)C2)[C@H](c2ccc(O)c([N+](=O)[O-])c2)C1C(=O)OCc1ccccc1. The number of nitrogens with zero attached hydrogens (tertiary/aromatic N) is 2. The van der Waals surface area contributed by atoms with Crippen molar-refractivity contribution < 1.29 is 24.4 Å². The second-order valence-electron chi connectivity index (χ2n) is 9.61. The number of allylic oxidation sites excluding steroid dienone is 2. The minimum atomic E-state index is -0.946. The van der Waals surface area contributed by atoms with E-state index in [1.165, 1.54) is 18.2 Å². The molecule has 1 aliphatic heterocycles. The average Bonchev–Trinajstić information content (AvgIpc) is 2.92. The molecule has 0 aromatic heterocycles. The molecule has 0 saturated heterocycles. The Labute approximate surface area is 219 Å². The molecule has 8 heteroatoms. The molecular weight excluding hydrogens is 484 g/mol. The standard InChI is InChI=1S/C30H26N2O6/c1-18-27(30(35)38-17-19-8-4-2-5-9-19)28(21-12-13-25(33)24(15-21)32(36)37)29-23(31-18)14-22(16-26(29)34)20-10-6-3-7-11-20/h2-13,15,22,27-28,33H,14,16-17H2,1H3/t22-,27?,28+/m0/s1. The van der Waals surface area contributed by atoms with Crippen molar-refractivity contribution in [1.82, 2.24) is 0 Å². The number of rotatable bonds is 6. The van der Waals surface area contributed by atoms with Gasteiger partial charge in [0.2, 0.25) is 0 Å². The molecule has 1 aliphatic carbocycles. The van der Waals surface area contributed by atoms with Gasteiger partial charge in [0.25, 0.3) is 0 Å². The van der Waals surface area contributed by atoms with Crippen molar-refractivity contribution in [2.75, 3.05) is 0 Å². The first-order chi connectivity index (χ1) is 18.3. The maximum Gasteiger partial charge on any atom is 0.315 e. The van der Waals surface area contributed by atoms with Gasteiger partial charge in [-0.15, -0.1) is 0 Å². The Morgan fingerprint density at radius 3 is 2.39 bits per heavy atom. The molecule has 1 heterocycles. The number of esters is 1. The highest BCUT2D eigenvalue weighted by Crippen LogP contribution is 2.47. The maximum atomic E-state index is 13.7. The van der Waals surface area contributed by atoms with E-state index in [-0.39, 0.29) is 24.7 Å². The number of aromatic hydroxyl groups is 1. The van der Waals surface area contributed by atoms with Gasteiger partial charge in [-0.2, -0.15) is 0 Å². The molecule has 1 N–H and O–H groups in total. The van der Waals surface area contributed by atoms with Crippen molar-refractivity contribution in [3.05, 3.63) is 117 Å². The third-order valence-corrected chi connectivity index (χ3v) is 7.19. The normalized spacial score (nSPS) is 20.9. The Morgan fingerprint density at radius 2 is 1.71 bits per heavy atom. The Kier molecular flexibility index (Phi) is 6.87. The van der Waals surface area contributed by atoms with E-state index in [1.807, 2.05) is 60.7 Å². The summed E-state index contributed by atoms with van der Waals surface area (Å²) in [5.74, 6) is -3.04. The van der Waals surface area contributed by atoms with Crippen molar-refractivity contribution in [1.29, 1.82) is 0 Å². The summed E-state index contributed by atoms with van der Waals surface area (Å²) in [4.78, 5) is 42.8. The third kappa shape index (κ3) is 4.85. The van der Waals surface area contributed by atoms with Gasteiger partial charge < -0.3 is 9.84 Å². The molecule has 0 fully saturated rings. The van der Waals surface area contributed by atoms with Crippen LogP contribution in [0.3, 0.4) is 0 Å². The van der Waals surface area contributed by atoms with Crippen LogP contribution in [0.4, 0.5) is 5.69 Å².